The second-order valence-corrected chi connectivity index (χ2v) is 20.2. The van der Waals surface area contributed by atoms with Gasteiger partial charge >= 0.3 is 0 Å². The molecule has 12 heteroatoms. The molecule has 10 nitrogen and oxygen atoms in total. The Morgan fingerprint density at radius 1 is 0.930 bits per heavy atom. The van der Waals surface area contributed by atoms with Crippen molar-refractivity contribution < 1.29 is 49.6 Å². The molecule has 2 heterocycles. The lowest BCUT2D eigenvalue weighted by Crippen LogP contribution is -2.61. The number of phenolic OH excluding ortho intramolecular Hbond substituents is 3. The fraction of sp³-hybridized carbons (Fsp3) is 0.556. The van der Waals surface area contributed by atoms with Crippen LogP contribution >= 0.6 is 21.6 Å². The summed E-state index contributed by atoms with van der Waals surface area (Å²) in [6, 6.07) is 8.93. The molecule has 306 valence electrons. The molecule has 8 bridgehead atoms. The third-order valence-electron chi connectivity index (χ3n) is 14.0. The van der Waals surface area contributed by atoms with Crippen LogP contribution in [0.1, 0.15) is 105 Å². The van der Waals surface area contributed by atoms with Gasteiger partial charge in [-0.3, -0.25) is 0 Å². The summed E-state index contributed by atoms with van der Waals surface area (Å²) in [5.74, 6) is 0.578. The van der Waals surface area contributed by atoms with Gasteiger partial charge in [-0.2, -0.15) is 0 Å². The number of allylic oxidation sites excluding steroid dienone is 1. The Morgan fingerprint density at radius 3 is 2.53 bits per heavy atom. The number of ether oxygens (including phenoxy) is 4. The first-order valence-corrected chi connectivity index (χ1v) is 22.8. The first kappa shape index (κ1) is 39.1. The maximum atomic E-state index is 13.4. The van der Waals surface area contributed by atoms with Crippen LogP contribution in [0.2, 0.25) is 0 Å². The Kier molecular flexibility index (Phi) is 10.3. The summed E-state index contributed by atoms with van der Waals surface area (Å²) < 4.78 is 24.9. The molecule has 9 rings (SSSR count). The summed E-state index contributed by atoms with van der Waals surface area (Å²) in [7, 11) is 5.17. The third kappa shape index (κ3) is 6.18. The lowest BCUT2D eigenvalue weighted by Gasteiger charge is -2.59. The molecule has 1 saturated heterocycles. The maximum absolute atomic E-state index is 13.4. The SMILES string of the molecule is COc1c(O)c(OCCC(C)C)cc(C23CCC45CCC(CC6c7cc(O)ccc7-c7c(OCCO)cc(c(c7C6CO)C4C2O)O3)C2CC=CC(C2)SS5)c1O. The molecule has 3 aromatic carbocycles. The number of aliphatic hydroxyl groups excluding tert-OH is 3. The van der Waals surface area contributed by atoms with Crippen molar-refractivity contribution in [2.45, 2.75) is 105 Å². The summed E-state index contributed by atoms with van der Waals surface area (Å²) in [4.78, 5) is 0. The highest BCUT2D eigenvalue weighted by atomic mass is 33.1. The van der Waals surface area contributed by atoms with Crippen molar-refractivity contribution in [3.05, 3.63) is 64.7 Å². The number of aromatic hydroxyl groups is 3. The lowest BCUT2D eigenvalue weighted by atomic mass is 9.56. The van der Waals surface area contributed by atoms with E-state index in [0.717, 1.165) is 66.3 Å². The molecule has 1 saturated carbocycles. The van der Waals surface area contributed by atoms with E-state index in [9.17, 15) is 30.6 Å². The molecule has 6 aliphatic rings. The maximum Gasteiger partial charge on any atom is 0.207 e. The van der Waals surface area contributed by atoms with Crippen molar-refractivity contribution >= 4 is 21.6 Å². The number of hydrogen-bond acceptors (Lipinski definition) is 12. The summed E-state index contributed by atoms with van der Waals surface area (Å²) in [6.45, 7) is 4.14. The van der Waals surface area contributed by atoms with Crippen molar-refractivity contribution in [1.29, 1.82) is 0 Å². The van der Waals surface area contributed by atoms with Crippen LogP contribution in [0.15, 0.2) is 42.5 Å². The predicted octanol–water partition coefficient (Wildman–Crippen LogP) is 8.24. The summed E-state index contributed by atoms with van der Waals surface area (Å²) in [5.41, 5.74) is 3.17. The van der Waals surface area contributed by atoms with Crippen LogP contribution in [-0.4, -0.2) is 80.3 Å². The van der Waals surface area contributed by atoms with Crippen molar-refractivity contribution in [1.82, 2.24) is 0 Å². The molecule has 1 spiro atoms. The van der Waals surface area contributed by atoms with Crippen molar-refractivity contribution in [3.63, 3.8) is 0 Å². The summed E-state index contributed by atoms with van der Waals surface area (Å²) >= 11 is 0. The van der Waals surface area contributed by atoms with E-state index in [1.54, 1.807) is 12.1 Å². The van der Waals surface area contributed by atoms with Gasteiger partial charge in [0.15, 0.2) is 17.1 Å². The van der Waals surface area contributed by atoms with Gasteiger partial charge in [-0.05, 0) is 110 Å². The first-order chi connectivity index (χ1) is 27.5. The van der Waals surface area contributed by atoms with Crippen LogP contribution in [0, 0.1) is 17.8 Å². The van der Waals surface area contributed by atoms with Gasteiger partial charge in [-0.1, -0.05) is 53.7 Å². The fourth-order valence-electron chi connectivity index (χ4n) is 11.2. The fourth-order valence-corrected chi connectivity index (χ4v) is 14.9. The molecule has 3 aromatic rings. The van der Waals surface area contributed by atoms with Gasteiger partial charge in [0.2, 0.25) is 11.5 Å². The van der Waals surface area contributed by atoms with E-state index in [1.165, 1.54) is 7.11 Å². The Hall–Kier alpha value is -3.42. The van der Waals surface area contributed by atoms with Gasteiger partial charge in [-0.15, -0.1) is 0 Å². The number of fused-ring (bicyclic) bond motifs is 10. The van der Waals surface area contributed by atoms with E-state index in [1.807, 2.05) is 39.8 Å². The Bertz CT molecular complexity index is 2070. The topological polar surface area (TPSA) is 158 Å². The molecule has 2 fully saturated rings. The molecule has 2 aliphatic heterocycles. The Balaban J connectivity index is 1.33. The third-order valence-corrected chi connectivity index (χ3v) is 17.7. The zero-order valence-corrected chi connectivity index (χ0v) is 34.4. The largest absolute Gasteiger partial charge is 0.508 e. The average Bonchev–Trinajstić information content (AvgIpc) is 3.24. The Morgan fingerprint density at radius 2 is 1.75 bits per heavy atom. The minimum absolute atomic E-state index is 0.0185. The molecule has 6 N–H and O–H groups in total. The lowest BCUT2D eigenvalue weighted by molar-refractivity contribution is -0.124. The minimum atomic E-state index is -1.48. The molecule has 9 unspecified atom stereocenters. The van der Waals surface area contributed by atoms with Gasteiger partial charge in [-0.25, -0.2) is 0 Å². The van der Waals surface area contributed by atoms with E-state index in [2.05, 4.69) is 26.0 Å². The molecule has 0 radical (unpaired) electrons. The van der Waals surface area contributed by atoms with E-state index < -0.39 is 28.3 Å². The smallest absolute Gasteiger partial charge is 0.207 e. The number of phenols is 3. The van der Waals surface area contributed by atoms with Crippen molar-refractivity contribution in [2.24, 2.45) is 17.8 Å². The number of aliphatic hydroxyl groups is 3. The predicted molar refractivity (Wildman–Crippen MR) is 221 cm³/mol. The molecule has 4 aliphatic carbocycles. The van der Waals surface area contributed by atoms with Crippen LogP contribution in [-0.2, 0) is 5.60 Å². The first-order valence-electron chi connectivity index (χ1n) is 20.6. The van der Waals surface area contributed by atoms with Crippen LogP contribution in [0.5, 0.6) is 40.2 Å². The van der Waals surface area contributed by atoms with Gasteiger partial charge < -0.3 is 49.6 Å². The number of methoxy groups -OCH3 is 1. The van der Waals surface area contributed by atoms with Crippen LogP contribution in [0.3, 0.4) is 0 Å². The van der Waals surface area contributed by atoms with E-state index in [-0.39, 0.29) is 60.0 Å². The van der Waals surface area contributed by atoms with E-state index in [4.69, 9.17) is 18.9 Å². The molecule has 57 heavy (non-hydrogen) atoms. The van der Waals surface area contributed by atoms with Crippen LogP contribution < -0.4 is 18.9 Å². The molecular weight excluding hydrogens is 765 g/mol. The quantitative estimate of drug-likeness (QED) is 0.0862. The second-order valence-electron chi connectivity index (χ2n) is 17.4. The van der Waals surface area contributed by atoms with E-state index >= 15 is 0 Å². The Labute approximate surface area is 342 Å². The van der Waals surface area contributed by atoms with Crippen LogP contribution in [0.4, 0.5) is 0 Å². The second kappa shape index (κ2) is 15.0. The highest BCUT2D eigenvalue weighted by Gasteiger charge is 2.65. The summed E-state index contributed by atoms with van der Waals surface area (Å²) in [6.07, 6.45) is 9.98. The minimum Gasteiger partial charge on any atom is -0.508 e. The number of benzene rings is 3. The van der Waals surface area contributed by atoms with Crippen LogP contribution in [0.25, 0.3) is 11.1 Å². The molecule has 0 aromatic heterocycles. The highest BCUT2D eigenvalue weighted by molar-refractivity contribution is 8.77. The molecule has 9 atom stereocenters. The zero-order chi connectivity index (χ0) is 39.8. The van der Waals surface area contributed by atoms with Gasteiger partial charge in [0.05, 0.1) is 26.9 Å². The standard InChI is InChI=1S/C45H54O10S2/c1-23(2)10-15-53-35-20-32(40(49)42(52-3)41(35)50)45-13-12-44-11-9-25(24-5-4-6-27(17-24)56-57-44)18-29-30-19-26(48)7-8-28(30)36-33(54-16-14-46)21-34(55-45)38(39(44)43(45)51)37(36)31(29)22-47/h4,6-8,19-21,23-25,27,29,31,39,43,46-51H,5,9-18,22H2,1-3H3. The number of hydrogen-bond donors (Lipinski definition) is 6. The highest BCUT2D eigenvalue weighted by Crippen LogP contribution is 2.71. The van der Waals surface area contributed by atoms with E-state index in [0.29, 0.717) is 54.0 Å². The van der Waals surface area contributed by atoms with Crippen molar-refractivity contribution in [2.75, 3.05) is 33.5 Å². The van der Waals surface area contributed by atoms with Crippen molar-refractivity contribution in [3.8, 4) is 51.4 Å². The van der Waals surface area contributed by atoms with Gasteiger partial charge in [0, 0.05) is 44.6 Å². The van der Waals surface area contributed by atoms with Gasteiger partial charge in [0.1, 0.15) is 30.0 Å². The molecular formula is C45H54O10S2. The number of rotatable bonds is 10. The molecule has 0 amide bonds. The average molecular weight is 819 g/mol. The summed E-state index contributed by atoms with van der Waals surface area (Å²) in [5, 5.41) is 69.6. The normalized spacial score (nSPS) is 31.8. The zero-order valence-electron chi connectivity index (χ0n) is 32.8. The van der Waals surface area contributed by atoms with Gasteiger partial charge in [0.25, 0.3) is 0 Å². The monoisotopic (exact) mass is 818 g/mol.